The van der Waals surface area contributed by atoms with Crippen molar-refractivity contribution in [2.24, 2.45) is 5.73 Å². The van der Waals surface area contributed by atoms with Crippen LogP contribution in [0.3, 0.4) is 0 Å². The lowest BCUT2D eigenvalue weighted by molar-refractivity contribution is 0.0977. The molecule has 1 fully saturated rings. The highest BCUT2D eigenvalue weighted by Gasteiger charge is 2.24. The fourth-order valence-electron chi connectivity index (χ4n) is 6.90. The number of carbonyl (C=O) groups excluding carboxylic acids is 1. The van der Waals surface area contributed by atoms with E-state index in [1.165, 1.54) is 3.97 Å². The third-order valence-electron chi connectivity index (χ3n) is 9.70. The van der Waals surface area contributed by atoms with Crippen LogP contribution in [-0.4, -0.2) is 55.9 Å². The number of furan rings is 1. The molecule has 0 saturated carbocycles. The Hall–Kier alpha value is -5.37. The van der Waals surface area contributed by atoms with Crippen LogP contribution in [0.4, 0.5) is 5.69 Å². The lowest BCUT2D eigenvalue weighted by atomic mass is 10.00. The van der Waals surface area contributed by atoms with Gasteiger partial charge in [-0.25, -0.2) is 12.4 Å². The number of nitrogens with zero attached hydrogens (tertiary/aromatic N) is 4. The Morgan fingerprint density at radius 3 is 2.24 bits per heavy atom. The van der Waals surface area contributed by atoms with E-state index in [-0.39, 0.29) is 10.7 Å². The van der Waals surface area contributed by atoms with Crippen LogP contribution in [0.15, 0.2) is 100 Å². The molecule has 0 radical (unpaired) electrons. The van der Waals surface area contributed by atoms with Gasteiger partial charge in [0.05, 0.1) is 22.0 Å². The number of benzene rings is 4. The number of nitriles is 1. The van der Waals surface area contributed by atoms with Gasteiger partial charge >= 0.3 is 0 Å². The summed E-state index contributed by atoms with van der Waals surface area (Å²) >= 11 is 0. The molecule has 3 heterocycles. The van der Waals surface area contributed by atoms with Crippen LogP contribution < -0.4 is 10.6 Å². The Morgan fingerprint density at radius 1 is 0.860 bits per heavy atom. The molecule has 4 aromatic carbocycles. The average molecular weight is 686 g/mol. The number of unbranched alkanes of at least 4 members (excludes halogenated alkanes) is 1. The van der Waals surface area contributed by atoms with Gasteiger partial charge in [-0.2, -0.15) is 5.26 Å². The fourth-order valence-corrected chi connectivity index (χ4v) is 8.29. The van der Waals surface area contributed by atoms with E-state index in [0.717, 1.165) is 89.8 Å². The van der Waals surface area contributed by atoms with E-state index in [1.807, 2.05) is 50.2 Å². The van der Waals surface area contributed by atoms with Gasteiger partial charge in [-0.15, -0.1) is 0 Å². The summed E-state index contributed by atoms with van der Waals surface area (Å²) in [6.07, 6.45) is 4.30. The number of amides is 1. The number of primary amides is 1. The Kier molecular flexibility index (Phi) is 8.95. The van der Waals surface area contributed by atoms with Gasteiger partial charge in [0.2, 0.25) is 0 Å². The topological polar surface area (TPSA) is 126 Å². The third kappa shape index (κ3) is 6.38. The second kappa shape index (κ2) is 13.5. The number of nitrogens with two attached hydrogens (primary N) is 1. The third-order valence-corrected chi connectivity index (χ3v) is 11.4. The predicted molar refractivity (Wildman–Crippen MR) is 197 cm³/mol. The standard InChI is InChI=1S/C40H39N5O4S/c1-27-6-11-30(12-7-27)38-35-24-32(13-17-37(35)49-39(38)40(42)46)44-21-19-43(20-22-44)18-4-3-5-31-26-45(36-16-10-29(25-41)23-34(31)36)50(47,48)33-14-8-28(2)9-15-33/h6-17,23-24,26H,3-5,18-22H2,1-2H3,(H2,42,46). The number of carbonyl (C=O) groups is 1. The normalized spacial score (nSPS) is 14.0. The lowest BCUT2D eigenvalue weighted by Crippen LogP contribution is -2.46. The first-order valence-corrected chi connectivity index (χ1v) is 18.3. The van der Waals surface area contributed by atoms with Crippen LogP contribution >= 0.6 is 0 Å². The van der Waals surface area contributed by atoms with Crippen LogP contribution in [0.2, 0.25) is 0 Å². The summed E-state index contributed by atoms with van der Waals surface area (Å²) in [4.78, 5) is 17.4. The maximum atomic E-state index is 13.6. The van der Waals surface area contributed by atoms with Crippen molar-refractivity contribution in [3.05, 3.63) is 119 Å². The van der Waals surface area contributed by atoms with Gasteiger partial charge in [0, 0.05) is 54.4 Å². The van der Waals surface area contributed by atoms with Crippen LogP contribution in [-0.2, 0) is 16.4 Å². The van der Waals surface area contributed by atoms with Crippen molar-refractivity contribution in [1.82, 2.24) is 8.87 Å². The lowest BCUT2D eigenvalue weighted by Gasteiger charge is -2.36. The van der Waals surface area contributed by atoms with E-state index in [0.29, 0.717) is 23.1 Å². The molecule has 1 saturated heterocycles. The van der Waals surface area contributed by atoms with E-state index >= 15 is 0 Å². The van der Waals surface area contributed by atoms with Crippen LogP contribution in [0, 0.1) is 25.2 Å². The number of piperazine rings is 1. The monoisotopic (exact) mass is 685 g/mol. The molecule has 0 aliphatic carbocycles. The number of hydrogen-bond donors (Lipinski definition) is 1. The van der Waals surface area contributed by atoms with E-state index < -0.39 is 15.9 Å². The van der Waals surface area contributed by atoms with E-state index in [2.05, 4.69) is 21.9 Å². The zero-order valence-electron chi connectivity index (χ0n) is 28.2. The molecule has 1 amide bonds. The summed E-state index contributed by atoms with van der Waals surface area (Å²) in [5.74, 6) is -0.411. The molecule has 2 N–H and O–H groups in total. The van der Waals surface area contributed by atoms with Crippen molar-refractivity contribution in [1.29, 1.82) is 5.26 Å². The SMILES string of the molecule is Cc1ccc(-c2c(C(N)=O)oc3ccc(N4CCN(CCCCc5cn(S(=O)(=O)c6ccc(C)cc6)c6ccc(C#N)cc56)CC4)cc23)cc1. The molecule has 2 aromatic heterocycles. The maximum Gasteiger partial charge on any atom is 0.285 e. The first-order valence-electron chi connectivity index (χ1n) is 16.9. The molecule has 7 rings (SSSR count). The van der Waals surface area contributed by atoms with Crippen molar-refractivity contribution < 1.29 is 17.6 Å². The summed E-state index contributed by atoms with van der Waals surface area (Å²) in [7, 11) is -3.80. The molecule has 0 unspecified atom stereocenters. The number of fused-ring (bicyclic) bond motifs is 2. The minimum Gasteiger partial charge on any atom is -0.450 e. The smallest absolute Gasteiger partial charge is 0.285 e. The molecule has 0 bridgehead atoms. The highest BCUT2D eigenvalue weighted by Crippen LogP contribution is 2.37. The first-order chi connectivity index (χ1) is 24.1. The molecule has 254 valence electrons. The van der Waals surface area contributed by atoms with Crippen molar-refractivity contribution in [2.75, 3.05) is 37.6 Å². The molecule has 0 atom stereocenters. The van der Waals surface area contributed by atoms with Gasteiger partial charge in [0.1, 0.15) is 5.58 Å². The zero-order valence-corrected chi connectivity index (χ0v) is 29.0. The molecule has 0 spiro atoms. The molecular weight excluding hydrogens is 647 g/mol. The molecular formula is C40H39N5O4S. The van der Waals surface area contributed by atoms with Crippen LogP contribution in [0.1, 0.15) is 45.7 Å². The average Bonchev–Trinajstić information content (AvgIpc) is 3.70. The van der Waals surface area contributed by atoms with E-state index in [4.69, 9.17) is 10.2 Å². The van der Waals surface area contributed by atoms with Gasteiger partial charge < -0.3 is 15.1 Å². The Labute approximate surface area is 292 Å². The molecule has 50 heavy (non-hydrogen) atoms. The summed E-state index contributed by atoms with van der Waals surface area (Å²) in [5.41, 5.74) is 13.2. The second-order valence-electron chi connectivity index (χ2n) is 13.1. The van der Waals surface area contributed by atoms with Crippen LogP contribution in [0.5, 0.6) is 0 Å². The fraction of sp³-hybridized carbons (Fsp3) is 0.250. The highest BCUT2D eigenvalue weighted by atomic mass is 32.2. The van der Waals surface area contributed by atoms with Gasteiger partial charge in [0.25, 0.3) is 15.9 Å². The Morgan fingerprint density at radius 2 is 1.56 bits per heavy atom. The number of aryl methyl sites for hydroxylation is 3. The van der Waals surface area contributed by atoms with E-state index in [9.17, 15) is 18.5 Å². The van der Waals surface area contributed by atoms with Crippen molar-refractivity contribution in [3.8, 4) is 17.2 Å². The number of aromatic nitrogens is 1. The summed E-state index contributed by atoms with van der Waals surface area (Å²) in [6, 6.07) is 28.3. The maximum absolute atomic E-state index is 13.6. The summed E-state index contributed by atoms with van der Waals surface area (Å²) in [6.45, 7) is 8.47. The van der Waals surface area contributed by atoms with Crippen molar-refractivity contribution >= 4 is 43.5 Å². The second-order valence-corrected chi connectivity index (χ2v) is 14.9. The summed E-state index contributed by atoms with van der Waals surface area (Å²) in [5, 5.41) is 11.2. The molecule has 6 aromatic rings. The molecule has 9 nitrogen and oxygen atoms in total. The quantitative estimate of drug-likeness (QED) is 0.154. The van der Waals surface area contributed by atoms with Gasteiger partial charge in [0.15, 0.2) is 5.76 Å². The predicted octanol–water partition coefficient (Wildman–Crippen LogP) is 7.02. The van der Waals surface area contributed by atoms with Gasteiger partial charge in [-0.1, -0.05) is 47.5 Å². The largest absolute Gasteiger partial charge is 0.450 e. The Bertz CT molecular complexity index is 2360. The zero-order chi connectivity index (χ0) is 35.0. The molecule has 1 aliphatic rings. The van der Waals surface area contributed by atoms with Crippen molar-refractivity contribution in [3.63, 3.8) is 0 Å². The van der Waals surface area contributed by atoms with Crippen LogP contribution in [0.25, 0.3) is 33.0 Å². The molecule has 1 aliphatic heterocycles. The summed E-state index contributed by atoms with van der Waals surface area (Å²) < 4.78 is 34.6. The number of hydrogen-bond acceptors (Lipinski definition) is 7. The van der Waals surface area contributed by atoms with Gasteiger partial charge in [-0.05, 0) is 99.3 Å². The first kappa shape index (κ1) is 33.1. The molecule has 10 heteroatoms. The van der Waals surface area contributed by atoms with Gasteiger partial charge in [-0.3, -0.25) is 9.69 Å². The highest BCUT2D eigenvalue weighted by molar-refractivity contribution is 7.90. The number of anilines is 1. The number of rotatable bonds is 10. The van der Waals surface area contributed by atoms with E-state index in [1.54, 1.807) is 48.7 Å². The minimum atomic E-state index is -3.80. The minimum absolute atomic E-state index is 0.175. The van der Waals surface area contributed by atoms with Crippen molar-refractivity contribution in [2.45, 2.75) is 38.0 Å². The Balaban J connectivity index is 1.01.